The number of nitrogens with zero attached hydrogens (tertiary/aromatic N) is 4. The standard InChI is InChI=1S/C22H27N5O/c1-2-9-23-22-24-11-16(12-25-22)13-27-14-18(21(28)15-27)10-19-8-7-17-5-3-4-6-20(17)26-19/h3-8,11-12,18,21,28H,2,9-10,13-15H2,1H3,(H,23,24,25)/t18-,21-/m1/s1. The van der Waals surface area contributed by atoms with Crippen LogP contribution in [0.15, 0.2) is 48.8 Å². The topological polar surface area (TPSA) is 74.2 Å². The zero-order valence-corrected chi connectivity index (χ0v) is 16.3. The second kappa shape index (κ2) is 8.63. The van der Waals surface area contributed by atoms with Crippen LogP contribution in [0.3, 0.4) is 0 Å². The third-order valence-electron chi connectivity index (χ3n) is 5.25. The summed E-state index contributed by atoms with van der Waals surface area (Å²) in [4.78, 5) is 15.8. The zero-order chi connectivity index (χ0) is 19.3. The Morgan fingerprint density at radius 1 is 1.11 bits per heavy atom. The Kier molecular flexibility index (Phi) is 5.78. The van der Waals surface area contributed by atoms with E-state index in [1.165, 1.54) is 0 Å². The van der Waals surface area contributed by atoms with Crippen LogP contribution in [0.5, 0.6) is 0 Å². The van der Waals surface area contributed by atoms with Crippen LogP contribution in [0.1, 0.15) is 24.6 Å². The normalized spacial score (nSPS) is 19.9. The van der Waals surface area contributed by atoms with E-state index in [0.29, 0.717) is 12.5 Å². The summed E-state index contributed by atoms with van der Waals surface area (Å²) in [5.41, 5.74) is 3.12. The zero-order valence-electron chi connectivity index (χ0n) is 16.3. The average Bonchev–Trinajstić information content (AvgIpc) is 3.06. The third kappa shape index (κ3) is 4.46. The lowest BCUT2D eigenvalue weighted by Gasteiger charge is -2.15. The number of nitrogens with one attached hydrogen (secondary N) is 1. The van der Waals surface area contributed by atoms with E-state index in [4.69, 9.17) is 4.98 Å². The van der Waals surface area contributed by atoms with Crippen molar-refractivity contribution in [2.45, 2.75) is 32.4 Å². The van der Waals surface area contributed by atoms with E-state index < -0.39 is 0 Å². The van der Waals surface area contributed by atoms with Gasteiger partial charge in [0.2, 0.25) is 5.95 Å². The molecule has 4 rings (SSSR count). The van der Waals surface area contributed by atoms with Gasteiger partial charge < -0.3 is 10.4 Å². The van der Waals surface area contributed by atoms with Crippen LogP contribution in [0.25, 0.3) is 10.9 Å². The quantitative estimate of drug-likeness (QED) is 0.660. The van der Waals surface area contributed by atoms with Crippen LogP contribution in [-0.4, -0.2) is 50.7 Å². The predicted molar refractivity (Wildman–Crippen MR) is 111 cm³/mol. The molecule has 1 aliphatic rings. The van der Waals surface area contributed by atoms with Crippen molar-refractivity contribution in [1.82, 2.24) is 19.9 Å². The Hall–Kier alpha value is -2.57. The van der Waals surface area contributed by atoms with Crippen LogP contribution in [-0.2, 0) is 13.0 Å². The van der Waals surface area contributed by atoms with Crippen molar-refractivity contribution in [2.75, 3.05) is 25.0 Å². The van der Waals surface area contributed by atoms with E-state index >= 15 is 0 Å². The summed E-state index contributed by atoms with van der Waals surface area (Å²) in [5.74, 6) is 0.868. The van der Waals surface area contributed by atoms with Crippen molar-refractivity contribution in [3.05, 3.63) is 60.0 Å². The molecule has 146 valence electrons. The Morgan fingerprint density at radius 3 is 2.75 bits per heavy atom. The highest BCUT2D eigenvalue weighted by Crippen LogP contribution is 2.23. The van der Waals surface area contributed by atoms with Crippen LogP contribution >= 0.6 is 0 Å². The van der Waals surface area contributed by atoms with Gasteiger partial charge in [-0.2, -0.15) is 0 Å². The number of hydrogen-bond donors (Lipinski definition) is 2. The number of anilines is 1. The smallest absolute Gasteiger partial charge is 0.222 e. The molecule has 6 nitrogen and oxygen atoms in total. The fraction of sp³-hybridized carbons (Fsp3) is 0.409. The van der Waals surface area contributed by atoms with Crippen molar-refractivity contribution in [1.29, 1.82) is 0 Å². The molecule has 0 spiro atoms. The predicted octanol–water partition coefficient (Wildman–Crippen LogP) is 2.88. The second-order valence-electron chi connectivity index (χ2n) is 7.56. The molecule has 2 atom stereocenters. The number of pyridine rings is 1. The molecule has 0 amide bonds. The fourth-order valence-corrected chi connectivity index (χ4v) is 3.78. The first-order valence-corrected chi connectivity index (χ1v) is 10.0. The lowest BCUT2D eigenvalue weighted by atomic mass is 9.99. The van der Waals surface area contributed by atoms with Crippen LogP contribution in [0, 0.1) is 5.92 Å². The first kappa shape index (κ1) is 18.8. The van der Waals surface area contributed by atoms with Gasteiger partial charge in [0.15, 0.2) is 0 Å². The maximum absolute atomic E-state index is 10.5. The van der Waals surface area contributed by atoms with Crippen molar-refractivity contribution >= 4 is 16.9 Å². The summed E-state index contributed by atoms with van der Waals surface area (Å²) < 4.78 is 0. The monoisotopic (exact) mass is 377 g/mol. The molecule has 1 saturated heterocycles. The molecule has 0 saturated carbocycles. The number of aliphatic hydroxyl groups excluding tert-OH is 1. The van der Waals surface area contributed by atoms with E-state index in [0.717, 1.165) is 54.6 Å². The summed E-state index contributed by atoms with van der Waals surface area (Å²) in [7, 11) is 0. The molecule has 0 unspecified atom stereocenters. The Balaban J connectivity index is 1.36. The van der Waals surface area contributed by atoms with Crippen molar-refractivity contribution in [2.24, 2.45) is 5.92 Å². The number of likely N-dealkylation sites (tertiary alicyclic amines) is 1. The number of rotatable bonds is 7. The molecule has 0 aliphatic carbocycles. The molecule has 0 radical (unpaired) electrons. The lowest BCUT2D eigenvalue weighted by molar-refractivity contribution is 0.140. The molecule has 1 fully saturated rings. The Bertz CT molecular complexity index is 914. The summed E-state index contributed by atoms with van der Waals surface area (Å²) in [6, 6.07) is 12.3. The van der Waals surface area contributed by atoms with Gasteiger partial charge >= 0.3 is 0 Å². The van der Waals surface area contributed by atoms with E-state index in [1.54, 1.807) is 0 Å². The second-order valence-corrected chi connectivity index (χ2v) is 7.56. The summed E-state index contributed by atoms with van der Waals surface area (Å²) in [5, 5.41) is 14.9. The Labute approximate surface area is 165 Å². The van der Waals surface area contributed by atoms with Crippen LogP contribution in [0.4, 0.5) is 5.95 Å². The van der Waals surface area contributed by atoms with Gasteiger partial charge in [0, 0.05) is 61.1 Å². The number of benzene rings is 1. The minimum absolute atomic E-state index is 0.195. The number of fused-ring (bicyclic) bond motifs is 1. The van der Waals surface area contributed by atoms with Gasteiger partial charge in [0.1, 0.15) is 0 Å². The van der Waals surface area contributed by atoms with Crippen molar-refractivity contribution in [3.8, 4) is 0 Å². The molecule has 3 aromatic rings. The molecular formula is C22H27N5O. The molecule has 1 aromatic carbocycles. The molecule has 2 N–H and O–H groups in total. The molecular weight excluding hydrogens is 350 g/mol. The highest BCUT2D eigenvalue weighted by molar-refractivity contribution is 5.78. The van der Waals surface area contributed by atoms with E-state index in [9.17, 15) is 5.11 Å². The van der Waals surface area contributed by atoms with Gasteiger partial charge in [0.05, 0.1) is 11.6 Å². The van der Waals surface area contributed by atoms with Crippen LogP contribution in [0.2, 0.25) is 0 Å². The SMILES string of the molecule is CCCNc1ncc(CN2C[C@@H](Cc3ccc4ccccc4n3)[C@H](O)C2)cn1. The maximum atomic E-state index is 10.5. The van der Waals surface area contributed by atoms with Crippen molar-refractivity contribution in [3.63, 3.8) is 0 Å². The maximum Gasteiger partial charge on any atom is 0.222 e. The van der Waals surface area contributed by atoms with Crippen LogP contribution < -0.4 is 5.32 Å². The molecule has 28 heavy (non-hydrogen) atoms. The van der Waals surface area contributed by atoms with E-state index in [-0.39, 0.29) is 12.0 Å². The number of β-amino-alcohol motifs (C(OH)–C–C–N with tert-alkyl or cyclic N) is 1. The van der Waals surface area contributed by atoms with Gasteiger partial charge in [0.25, 0.3) is 0 Å². The summed E-state index contributed by atoms with van der Waals surface area (Å²) in [6.07, 6.45) is 5.24. The lowest BCUT2D eigenvalue weighted by Crippen LogP contribution is -2.21. The van der Waals surface area contributed by atoms with Gasteiger partial charge in [-0.1, -0.05) is 31.2 Å². The first-order valence-electron chi connectivity index (χ1n) is 10.0. The van der Waals surface area contributed by atoms with Crippen molar-refractivity contribution < 1.29 is 5.11 Å². The van der Waals surface area contributed by atoms with Gasteiger partial charge in [-0.05, 0) is 25.0 Å². The van der Waals surface area contributed by atoms with E-state index in [1.807, 2.05) is 30.6 Å². The number of para-hydroxylation sites is 1. The molecule has 3 heterocycles. The largest absolute Gasteiger partial charge is 0.391 e. The highest BCUT2D eigenvalue weighted by Gasteiger charge is 2.31. The van der Waals surface area contributed by atoms with E-state index in [2.05, 4.69) is 45.3 Å². The third-order valence-corrected chi connectivity index (χ3v) is 5.25. The summed E-state index contributed by atoms with van der Waals surface area (Å²) >= 11 is 0. The first-order chi connectivity index (χ1) is 13.7. The van der Waals surface area contributed by atoms with Gasteiger partial charge in [-0.25, -0.2) is 9.97 Å². The minimum atomic E-state index is -0.334. The Morgan fingerprint density at radius 2 is 1.93 bits per heavy atom. The fourth-order valence-electron chi connectivity index (χ4n) is 3.78. The number of aliphatic hydroxyl groups is 1. The summed E-state index contributed by atoms with van der Waals surface area (Å²) in [6.45, 7) is 5.28. The molecule has 2 aromatic heterocycles. The average molecular weight is 377 g/mol. The number of aromatic nitrogens is 3. The number of hydrogen-bond acceptors (Lipinski definition) is 6. The molecule has 1 aliphatic heterocycles. The highest BCUT2D eigenvalue weighted by atomic mass is 16.3. The molecule has 0 bridgehead atoms. The molecule has 6 heteroatoms. The van der Waals surface area contributed by atoms with Gasteiger partial charge in [-0.15, -0.1) is 0 Å². The minimum Gasteiger partial charge on any atom is -0.391 e. The van der Waals surface area contributed by atoms with Gasteiger partial charge in [-0.3, -0.25) is 9.88 Å².